The largest absolute Gasteiger partial charge is 0.348 e. The molecule has 7 heteroatoms. The predicted octanol–water partition coefficient (Wildman–Crippen LogP) is 2.88. The van der Waals surface area contributed by atoms with E-state index in [0.717, 1.165) is 29.1 Å². The number of rotatable bonds is 3. The van der Waals surface area contributed by atoms with Gasteiger partial charge in [0, 0.05) is 17.1 Å². The second-order valence-electron chi connectivity index (χ2n) is 5.30. The molecule has 0 bridgehead atoms. The van der Waals surface area contributed by atoms with E-state index in [-0.39, 0.29) is 11.9 Å². The lowest BCUT2D eigenvalue weighted by molar-refractivity contribution is 0.0929. The van der Waals surface area contributed by atoms with Crippen LogP contribution in [0.3, 0.4) is 0 Å². The molecule has 0 unspecified atom stereocenters. The van der Waals surface area contributed by atoms with Crippen LogP contribution >= 0.6 is 22.7 Å². The van der Waals surface area contributed by atoms with Crippen molar-refractivity contribution in [2.24, 2.45) is 0 Å². The fourth-order valence-corrected chi connectivity index (χ4v) is 4.30. The molecular weight excluding hydrogens is 316 g/mol. The molecule has 1 aliphatic rings. The first-order valence-electron chi connectivity index (χ1n) is 7.11. The molecule has 0 spiro atoms. The second-order valence-corrected chi connectivity index (χ2v) is 7.11. The van der Waals surface area contributed by atoms with Gasteiger partial charge in [-0.15, -0.1) is 22.7 Å². The van der Waals surface area contributed by atoms with Gasteiger partial charge in [-0.25, -0.2) is 4.98 Å². The number of nitrogens with one attached hydrogen (secondary N) is 2. The van der Waals surface area contributed by atoms with Crippen molar-refractivity contribution in [3.8, 4) is 9.88 Å². The summed E-state index contributed by atoms with van der Waals surface area (Å²) >= 11 is 3.15. The summed E-state index contributed by atoms with van der Waals surface area (Å²) < 4.78 is 0. The first-order valence-corrected chi connectivity index (χ1v) is 8.87. The Bertz CT molecular complexity index is 790. The van der Waals surface area contributed by atoms with Crippen LogP contribution < -0.4 is 5.32 Å². The van der Waals surface area contributed by atoms with Crippen molar-refractivity contribution < 1.29 is 4.79 Å². The van der Waals surface area contributed by atoms with Gasteiger partial charge in [0.2, 0.25) is 0 Å². The second kappa shape index (κ2) is 5.66. The van der Waals surface area contributed by atoms with Gasteiger partial charge < -0.3 is 5.32 Å². The predicted molar refractivity (Wildman–Crippen MR) is 87.3 cm³/mol. The summed E-state index contributed by atoms with van der Waals surface area (Å²) in [6.07, 6.45) is 4.55. The molecule has 0 aliphatic heterocycles. The number of hydrogen-bond acceptors (Lipinski definition) is 5. The minimum atomic E-state index is -0.0870. The first-order chi connectivity index (χ1) is 10.8. The third-order valence-corrected chi connectivity index (χ3v) is 5.70. The van der Waals surface area contributed by atoms with Crippen LogP contribution in [0.4, 0.5) is 0 Å². The molecule has 0 saturated carbocycles. The van der Waals surface area contributed by atoms with Gasteiger partial charge in [-0.05, 0) is 36.3 Å². The van der Waals surface area contributed by atoms with Crippen molar-refractivity contribution >= 4 is 28.6 Å². The van der Waals surface area contributed by atoms with Gasteiger partial charge >= 0.3 is 0 Å². The van der Waals surface area contributed by atoms with E-state index in [1.165, 1.54) is 22.6 Å². The first kappa shape index (κ1) is 13.7. The van der Waals surface area contributed by atoms with Crippen molar-refractivity contribution in [1.29, 1.82) is 0 Å². The Labute approximate surface area is 135 Å². The standard InChI is InChI=1S/C15H14N4OS2/c20-14(12-8-22-15(18-12)13-2-1-5-21-13)17-10-3-4-11-9(6-10)7-16-19-11/h1-2,5,7-8,10H,3-4,6H2,(H,16,19)(H,17,20)/t10-/m1/s1. The molecule has 0 radical (unpaired) electrons. The number of amides is 1. The van der Waals surface area contributed by atoms with E-state index in [1.54, 1.807) is 11.3 Å². The number of nitrogens with zero attached hydrogens (tertiary/aromatic N) is 2. The fraction of sp³-hybridized carbons (Fsp3) is 0.267. The summed E-state index contributed by atoms with van der Waals surface area (Å²) in [6.45, 7) is 0. The SMILES string of the molecule is O=C(N[C@@H]1CCc2[nH]ncc2C1)c1csc(-c2cccs2)n1. The smallest absolute Gasteiger partial charge is 0.271 e. The number of carbonyl (C=O) groups is 1. The molecule has 1 aliphatic carbocycles. The van der Waals surface area contributed by atoms with Crippen LogP contribution in [-0.4, -0.2) is 27.1 Å². The molecule has 1 atom stereocenters. The zero-order valence-corrected chi connectivity index (χ0v) is 13.3. The van der Waals surface area contributed by atoms with Crippen LogP contribution in [0.25, 0.3) is 9.88 Å². The van der Waals surface area contributed by atoms with Crippen molar-refractivity contribution in [2.45, 2.75) is 25.3 Å². The Morgan fingerprint density at radius 3 is 3.23 bits per heavy atom. The zero-order valence-electron chi connectivity index (χ0n) is 11.7. The van der Waals surface area contributed by atoms with Crippen LogP contribution in [0.5, 0.6) is 0 Å². The quantitative estimate of drug-likeness (QED) is 0.776. The normalized spacial score (nSPS) is 17.2. The van der Waals surface area contributed by atoms with E-state index in [0.29, 0.717) is 5.69 Å². The van der Waals surface area contributed by atoms with Gasteiger partial charge in [-0.1, -0.05) is 6.07 Å². The molecular formula is C15H14N4OS2. The Hall–Kier alpha value is -1.99. The maximum Gasteiger partial charge on any atom is 0.271 e. The number of thiophene rings is 1. The van der Waals surface area contributed by atoms with E-state index in [1.807, 2.05) is 29.1 Å². The third kappa shape index (κ3) is 2.57. The molecule has 3 heterocycles. The van der Waals surface area contributed by atoms with E-state index in [9.17, 15) is 4.79 Å². The lowest BCUT2D eigenvalue weighted by atomic mass is 9.93. The summed E-state index contributed by atoms with van der Waals surface area (Å²) in [5.74, 6) is -0.0870. The summed E-state index contributed by atoms with van der Waals surface area (Å²) in [6, 6.07) is 4.17. The summed E-state index contributed by atoms with van der Waals surface area (Å²) in [5, 5.41) is 14.9. The molecule has 0 fully saturated rings. The number of hydrogen-bond donors (Lipinski definition) is 2. The van der Waals surface area contributed by atoms with Crippen molar-refractivity contribution in [1.82, 2.24) is 20.5 Å². The third-order valence-electron chi connectivity index (χ3n) is 3.82. The average molecular weight is 330 g/mol. The minimum absolute atomic E-state index is 0.0870. The molecule has 5 nitrogen and oxygen atoms in total. The maximum atomic E-state index is 12.4. The number of aromatic amines is 1. The monoisotopic (exact) mass is 330 g/mol. The molecule has 1 amide bonds. The maximum absolute atomic E-state index is 12.4. The van der Waals surface area contributed by atoms with E-state index < -0.39 is 0 Å². The number of H-pyrrole nitrogens is 1. The Morgan fingerprint density at radius 1 is 1.41 bits per heavy atom. The molecule has 0 aromatic carbocycles. The van der Waals surface area contributed by atoms with E-state index >= 15 is 0 Å². The molecule has 112 valence electrons. The van der Waals surface area contributed by atoms with Gasteiger partial charge in [-0.2, -0.15) is 5.10 Å². The minimum Gasteiger partial charge on any atom is -0.348 e. The fourth-order valence-electron chi connectivity index (χ4n) is 2.69. The number of thiazole rings is 1. The highest BCUT2D eigenvalue weighted by Crippen LogP contribution is 2.28. The number of aryl methyl sites for hydroxylation is 1. The molecule has 22 heavy (non-hydrogen) atoms. The highest BCUT2D eigenvalue weighted by atomic mass is 32.1. The van der Waals surface area contributed by atoms with Gasteiger partial charge in [0.05, 0.1) is 11.1 Å². The van der Waals surface area contributed by atoms with E-state index in [4.69, 9.17) is 0 Å². The summed E-state index contributed by atoms with van der Waals surface area (Å²) in [4.78, 5) is 17.9. The van der Waals surface area contributed by atoms with Gasteiger partial charge in [0.15, 0.2) is 0 Å². The van der Waals surface area contributed by atoms with Gasteiger partial charge in [0.1, 0.15) is 10.7 Å². The van der Waals surface area contributed by atoms with Crippen LogP contribution in [0.15, 0.2) is 29.1 Å². The number of aromatic nitrogens is 3. The highest BCUT2D eigenvalue weighted by molar-refractivity contribution is 7.20. The average Bonchev–Trinajstić information content (AvgIpc) is 3.26. The highest BCUT2D eigenvalue weighted by Gasteiger charge is 2.23. The molecule has 3 aromatic rings. The van der Waals surface area contributed by atoms with Gasteiger partial charge in [-0.3, -0.25) is 9.89 Å². The van der Waals surface area contributed by atoms with Crippen LogP contribution in [0, 0.1) is 0 Å². The Kier molecular flexibility index (Phi) is 3.51. The lowest BCUT2D eigenvalue weighted by Crippen LogP contribution is -2.38. The Balaban J connectivity index is 1.45. The van der Waals surface area contributed by atoms with Crippen molar-refractivity contribution in [3.63, 3.8) is 0 Å². The topological polar surface area (TPSA) is 70.7 Å². The molecule has 2 N–H and O–H groups in total. The molecule has 0 saturated heterocycles. The van der Waals surface area contributed by atoms with Gasteiger partial charge in [0.25, 0.3) is 5.91 Å². The van der Waals surface area contributed by atoms with Crippen molar-refractivity contribution in [3.05, 3.63) is 46.0 Å². The summed E-state index contributed by atoms with van der Waals surface area (Å²) in [5.41, 5.74) is 2.90. The van der Waals surface area contributed by atoms with E-state index in [2.05, 4.69) is 20.5 Å². The Morgan fingerprint density at radius 2 is 2.36 bits per heavy atom. The van der Waals surface area contributed by atoms with Crippen LogP contribution in [-0.2, 0) is 12.8 Å². The molecule has 3 aromatic heterocycles. The summed E-state index contributed by atoms with van der Waals surface area (Å²) in [7, 11) is 0. The zero-order chi connectivity index (χ0) is 14.9. The number of fused-ring (bicyclic) bond motifs is 1. The molecule has 4 rings (SSSR count). The lowest BCUT2D eigenvalue weighted by Gasteiger charge is -2.22. The van der Waals surface area contributed by atoms with Crippen LogP contribution in [0.1, 0.15) is 28.2 Å². The number of carbonyl (C=O) groups excluding carboxylic acids is 1. The van der Waals surface area contributed by atoms with Crippen LogP contribution in [0.2, 0.25) is 0 Å². The van der Waals surface area contributed by atoms with Crippen molar-refractivity contribution in [2.75, 3.05) is 0 Å².